The Morgan fingerprint density at radius 3 is 2.81 bits per heavy atom. The number of nitrogens with one attached hydrogen (secondary N) is 1. The minimum absolute atomic E-state index is 0.106. The normalized spacial score (nSPS) is 19.4. The summed E-state index contributed by atoms with van der Waals surface area (Å²) in [5.41, 5.74) is 1.90. The van der Waals surface area contributed by atoms with Crippen LogP contribution in [0.15, 0.2) is 24.3 Å². The topological polar surface area (TPSA) is 47.6 Å². The first-order valence-corrected chi connectivity index (χ1v) is 5.36. The molecule has 16 heavy (non-hydrogen) atoms. The number of hydrogen-bond donors (Lipinski definition) is 1. The third-order valence-corrected chi connectivity index (χ3v) is 2.46. The molecule has 2 rings (SSSR count). The molecule has 0 bridgehead atoms. The van der Waals surface area contributed by atoms with Crippen molar-refractivity contribution in [1.82, 2.24) is 0 Å². The molecule has 0 spiro atoms. The summed E-state index contributed by atoms with van der Waals surface area (Å²) in [4.78, 5) is 11.5. The van der Waals surface area contributed by atoms with Gasteiger partial charge >= 0.3 is 6.09 Å². The molecule has 0 radical (unpaired) electrons. The van der Waals surface area contributed by atoms with E-state index >= 15 is 0 Å². The highest BCUT2D eigenvalue weighted by Gasteiger charge is 2.19. The molecule has 1 amide bonds. The summed E-state index contributed by atoms with van der Waals surface area (Å²) in [5, 5.41) is 2.68. The van der Waals surface area contributed by atoms with Crippen molar-refractivity contribution < 1.29 is 14.3 Å². The molecule has 0 saturated carbocycles. The standard InChI is InChI=1S/C12H15NO3/c1-9-2-4-10(5-3-9)13-12(14)16-11-6-7-15-8-11/h2-5,11H,6-8H2,1H3,(H,13,14)/t11-/m0/s1. The van der Waals surface area contributed by atoms with Gasteiger partial charge < -0.3 is 9.47 Å². The van der Waals surface area contributed by atoms with E-state index in [1.807, 2.05) is 31.2 Å². The summed E-state index contributed by atoms with van der Waals surface area (Å²) in [7, 11) is 0. The van der Waals surface area contributed by atoms with Crippen LogP contribution < -0.4 is 5.32 Å². The fourth-order valence-corrected chi connectivity index (χ4v) is 1.54. The van der Waals surface area contributed by atoms with Crippen LogP contribution in [0.1, 0.15) is 12.0 Å². The van der Waals surface area contributed by atoms with Crippen molar-refractivity contribution in [2.45, 2.75) is 19.4 Å². The lowest BCUT2D eigenvalue weighted by Crippen LogP contribution is -2.22. The second-order valence-corrected chi connectivity index (χ2v) is 3.88. The zero-order chi connectivity index (χ0) is 11.4. The van der Waals surface area contributed by atoms with Gasteiger partial charge in [0.1, 0.15) is 6.10 Å². The van der Waals surface area contributed by atoms with E-state index in [4.69, 9.17) is 9.47 Å². The summed E-state index contributed by atoms with van der Waals surface area (Å²) >= 11 is 0. The minimum Gasteiger partial charge on any atom is -0.443 e. The monoisotopic (exact) mass is 221 g/mol. The first kappa shape index (κ1) is 11.0. The van der Waals surface area contributed by atoms with Crippen LogP contribution in [0.3, 0.4) is 0 Å². The van der Waals surface area contributed by atoms with E-state index in [2.05, 4.69) is 5.32 Å². The predicted molar refractivity (Wildman–Crippen MR) is 60.5 cm³/mol. The van der Waals surface area contributed by atoms with Crippen molar-refractivity contribution in [3.8, 4) is 0 Å². The van der Waals surface area contributed by atoms with Crippen LogP contribution in [0.2, 0.25) is 0 Å². The predicted octanol–water partition coefficient (Wildman–Crippen LogP) is 2.33. The van der Waals surface area contributed by atoms with Crippen molar-refractivity contribution >= 4 is 11.8 Å². The third-order valence-electron chi connectivity index (χ3n) is 2.46. The highest BCUT2D eigenvalue weighted by molar-refractivity contribution is 5.84. The minimum atomic E-state index is -0.417. The number of carbonyl (C=O) groups excluding carboxylic acids is 1. The molecular formula is C12H15NO3. The molecule has 4 heteroatoms. The number of amides is 1. The van der Waals surface area contributed by atoms with E-state index in [0.29, 0.717) is 13.2 Å². The van der Waals surface area contributed by atoms with E-state index in [1.54, 1.807) is 0 Å². The van der Waals surface area contributed by atoms with Gasteiger partial charge in [0.05, 0.1) is 13.2 Å². The Kier molecular flexibility index (Phi) is 3.41. The molecule has 1 aromatic carbocycles. The largest absolute Gasteiger partial charge is 0.443 e. The van der Waals surface area contributed by atoms with Crippen LogP contribution in [0.25, 0.3) is 0 Å². The Morgan fingerprint density at radius 2 is 2.19 bits per heavy atom. The van der Waals surface area contributed by atoms with Crippen LogP contribution in [0.4, 0.5) is 10.5 Å². The van der Waals surface area contributed by atoms with Gasteiger partial charge in [-0.1, -0.05) is 17.7 Å². The Morgan fingerprint density at radius 1 is 1.44 bits per heavy atom. The number of rotatable bonds is 2. The highest BCUT2D eigenvalue weighted by atomic mass is 16.6. The SMILES string of the molecule is Cc1ccc(NC(=O)O[C@H]2CCOC2)cc1. The van der Waals surface area contributed by atoms with Gasteiger partial charge in [0.15, 0.2) is 0 Å². The molecule has 1 saturated heterocycles. The maximum Gasteiger partial charge on any atom is 0.411 e. The van der Waals surface area contributed by atoms with E-state index < -0.39 is 6.09 Å². The Labute approximate surface area is 94.6 Å². The van der Waals surface area contributed by atoms with E-state index in [9.17, 15) is 4.79 Å². The lowest BCUT2D eigenvalue weighted by molar-refractivity contribution is 0.0932. The summed E-state index contributed by atoms with van der Waals surface area (Å²) in [6.45, 7) is 3.17. The van der Waals surface area contributed by atoms with E-state index in [0.717, 1.165) is 17.7 Å². The second kappa shape index (κ2) is 4.99. The number of ether oxygens (including phenoxy) is 2. The zero-order valence-electron chi connectivity index (χ0n) is 9.23. The molecule has 1 N–H and O–H groups in total. The number of benzene rings is 1. The number of anilines is 1. The first-order valence-electron chi connectivity index (χ1n) is 5.36. The van der Waals surface area contributed by atoms with Crippen molar-refractivity contribution in [3.05, 3.63) is 29.8 Å². The van der Waals surface area contributed by atoms with E-state index in [-0.39, 0.29) is 6.10 Å². The molecule has 1 aromatic rings. The molecule has 86 valence electrons. The van der Waals surface area contributed by atoms with Crippen LogP contribution >= 0.6 is 0 Å². The maximum absolute atomic E-state index is 11.5. The summed E-state index contributed by atoms with van der Waals surface area (Å²) < 4.78 is 10.3. The average Bonchev–Trinajstić information content (AvgIpc) is 2.74. The zero-order valence-corrected chi connectivity index (χ0v) is 9.23. The Balaban J connectivity index is 1.84. The third kappa shape index (κ3) is 2.97. The van der Waals surface area contributed by atoms with Gasteiger partial charge in [-0.15, -0.1) is 0 Å². The molecule has 0 aliphatic carbocycles. The second-order valence-electron chi connectivity index (χ2n) is 3.88. The summed E-state index contributed by atoms with van der Waals surface area (Å²) in [5.74, 6) is 0. The number of aryl methyl sites for hydroxylation is 1. The summed E-state index contributed by atoms with van der Waals surface area (Å²) in [6.07, 6.45) is 0.256. The van der Waals surface area contributed by atoms with Crippen molar-refractivity contribution in [3.63, 3.8) is 0 Å². The van der Waals surface area contributed by atoms with Gasteiger partial charge in [0.25, 0.3) is 0 Å². The lowest BCUT2D eigenvalue weighted by atomic mass is 10.2. The molecule has 4 nitrogen and oxygen atoms in total. The highest BCUT2D eigenvalue weighted by Crippen LogP contribution is 2.12. The lowest BCUT2D eigenvalue weighted by Gasteiger charge is -2.11. The molecule has 1 aliphatic rings. The molecule has 1 heterocycles. The molecule has 0 unspecified atom stereocenters. The van der Waals surface area contributed by atoms with E-state index in [1.165, 1.54) is 0 Å². The smallest absolute Gasteiger partial charge is 0.411 e. The maximum atomic E-state index is 11.5. The van der Waals surface area contributed by atoms with Crippen LogP contribution in [0.5, 0.6) is 0 Å². The molecule has 1 atom stereocenters. The van der Waals surface area contributed by atoms with Gasteiger partial charge in [-0.25, -0.2) is 4.79 Å². The fourth-order valence-electron chi connectivity index (χ4n) is 1.54. The molecule has 1 fully saturated rings. The van der Waals surface area contributed by atoms with Crippen LogP contribution in [-0.2, 0) is 9.47 Å². The van der Waals surface area contributed by atoms with Crippen LogP contribution in [0, 0.1) is 6.92 Å². The quantitative estimate of drug-likeness (QED) is 0.833. The summed E-state index contributed by atoms with van der Waals surface area (Å²) in [6, 6.07) is 7.58. The molecular weight excluding hydrogens is 206 g/mol. The average molecular weight is 221 g/mol. The first-order chi connectivity index (χ1) is 7.74. The van der Waals surface area contributed by atoms with Gasteiger partial charge in [-0.2, -0.15) is 0 Å². The van der Waals surface area contributed by atoms with Gasteiger partial charge in [0.2, 0.25) is 0 Å². The Hall–Kier alpha value is -1.55. The number of carbonyl (C=O) groups is 1. The molecule has 1 aliphatic heterocycles. The Bertz CT molecular complexity index is 355. The molecule has 0 aromatic heterocycles. The van der Waals surface area contributed by atoms with Gasteiger partial charge in [-0.05, 0) is 19.1 Å². The van der Waals surface area contributed by atoms with Gasteiger partial charge in [-0.3, -0.25) is 5.32 Å². The fraction of sp³-hybridized carbons (Fsp3) is 0.417. The van der Waals surface area contributed by atoms with Crippen LogP contribution in [-0.4, -0.2) is 25.4 Å². The number of hydrogen-bond acceptors (Lipinski definition) is 3. The van der Waals surface area contributed by atoms with Crippen molar-refractivity contribution in [1.29, 1.82) is 0 Å². The van der Waals surface area contributed by atoms with Crippen molar-refractivity contribution in [2.75, 3.05) is 18.5 Å². The van der Waals surface area contributed by atoms with Crippen molar-refractivity contribution in [2.24, 2.45) is 0 Å². The van der Waals surface area contributed by atoms with Gasteiger partial charge in [0, 0.05) is 12.1 Å².